The van der Waals surface area contributed by atoms with E-state index in [-0.39, 0.29) is 0 Å². The van der Waals surface area contributed by atoms with Gasteiger partial charge in [0, 0.05) is 24.8 Å². The third kappa shape index (κ3) is 2.98. The molecule has 1 unspecified atom stereocenters. The first-order valence-electron chi connectivity index (χ1n) is 6.30. The quantitative estimate of drug-likeness (QED) is 0.790. The van der Waals surface area contributed by atoms with E-state index in [1.165, 1.54) is 12.8 Å². The van der Waals surface area contributed by atoms with E-state index in [1.807, 2.05) is 0 Å². The Morgan fingerprint density at radius 1 is 1.67 bits per heavy atom. The van der Waals surface area contributed by atoms with Crippen molar-refractivity contribution < 1.29 is 4.79 Å². The van der Waals surface area contributed by atoms with Crippen LogP contribution in [0.1, 0.15) is 30.1 Å². The molecule has 2 rings (SSSR count). The topological polar surface area (TPSA) is 71.2 Å². The predicted octanol–water partition coefficient (Wildman–Crippen LogP) is 1.08. The number of carbonyl (C=O) groups excluding carboxylic acids is 1. The molecule has 1 heterocycles. The second kappa shape index (κ2) is 5.35. The van der Waals surface area contributed by atoms with Crippen LogP contribution in [0, 0.1) is 0 Å². The molecule has 1 aromatic heterocycles. The summed E-state index contributed by atoms with van der Waals surface area (Å²) in [5, 5.41) is 3.20. The number of rotatable bonds is 6. The maximum absolute atomic E-state index is 11.3. The van der Waals surface area contributed by atoms with Crippen LogP contribution in [0.5, 0.6) is 0 Å². The van der Waals surface area contributed by atoms with Gasteiger partial charge in [-0.3, -0.25) is 9.69 Å². The molecule has 1 atom stereocenters. The van der Waals surface area contributed by atoms with E-state index in [1.54, 1.807) is 18.3 Å². The minimum Gasteiger partial charge on any atom is -0.368 e. The molecule has 0 bridgehead atoms. The van der Waals surface area contributed by atoms with Gasteiger partial charge in [0.05, 0.1) is 5.56 Å². The number of nitrogens with two attached hydrogens (primary N) is 1. The molecule has 5 heteroatoms. The lowest BCUT2D eigenvalue weighted by Crippen LogP contribution is -2.36. The molecule has 98 valence electrons. The maximum atomic E-state index is 11.3. The van der Waals surface area contributed by atoms with Gasteiger partial charge < -0.3 is 11.1 Å². The first-order chi connectivity index (χ1) is 8.59. The van der Waals surface area contributed by atoms with Crippen molar-refractivity contribution in [3.05, 3.63) is 23.9 Å². The van der Waals surface area contributed by atoms with E-state index in [9.17, 15) is 4.79 Å². The van der Waals surface area contributed by atoms with Gasteiger partial charge in [-0.2, -0.15) is 0 Å². The molecular weight excluding hydrogens is 228 g/mol. The van der Waals surface area contributed by atoms with Crippen molar-refractivity contribution in [1.29, 1.82) is 0 Å². The van der Waals surface area contributed by atoms with Crippen molar-refractivity contribution in [2.75, 3.05) is 18.9 Å². The molecule has 1 saturated carbocycles. The second-order valence-corrected chi connectivity index (χ2v) is 4.89. The fraction of sp³-hybridized carbons (Fsp3) is 0.538. The smallest absolute Gasteiger partial charge is 0.252 e. The number of likely N-dealkylation sites (N-methyl/N-ethyl adjacent to an activating group) is 1. The molecule has 0 aromatic carbocycles. The average molecular weight is 248 g/mol. The Morgan fingerprint density at radius 3 is 3.00 bits per heavy atom. The van der Waals surface area contributed by atoms with Crippen LogP contribution in [0.25, 0.3) is 0 Å². The van der Waals surface area contributed by atoms with Crippen molar-refractivity contribution >= 4 is 11.7 Å². The van der Waals surface area contributed by atoms with Crippen LogP contribution >= 0.6 is 0 Å². The van der Waals surface area contributed by atoms with Gasteiger partial charge in [0.1, 0.15) is 5.82 Å². The summed E-state index contributed by atoms with van der Waals surface area (Å²) < 4.78 is 0. The van der Waals surface area contributed by atoms with Gasteiger partial charge >= 0.3 is 0 Å². The Labute approximate surface area is 107 Å². The number of nitrogens with zero attached hydrogens (tertiary/aromatic N) is 2. The van der Waals surface area contributed by atoms with E-state index >= 15 is 0 Å². The van der Waals surface area contributed by atoms with Gasteiger partial charge in [0.2, 0.25) is 0 Å². The standard InChI is InChI=1S/C13H20N4O/c1-9(17(2)10-5-6-10)8-16-13-11(12(14)18)4-3-7-15-13/h3-4,7,9-10H,5-6,8H2,1-2H3,(H2,14,18)(H,15,16). The third-order valence-electron chi connectivity index (χ3n) is 3.46. The van der Waals surface area contributed by atoms with Crippen molar-refractivity contribution in [1.82, 2.24) is 9.88 Å². The monoisotopic (exact) mass is 248 g/mol. The van der Waals surface area contributed by atoms with E-state index in [2.05, 4.69) is 29.2 Å². The van der Waals surface area contributed by atoms with E-state index in [0.29, 0.717) is 17.4 Å². The van der Waals surface area contributed by atoms with E-state index in [4.69, 9.17) is 5.73 Å². The normalized spacial score (nSPS) is 16.6. The van der Waals surface area contributed by atoms with Gasteiger partial charge in [-0.25, -0.2) is 4.98 Å². The van der Waals surface area contributed by atoms with Gasteiger partial charge in [0.25, 0.3) is 5.91 Å². The molecule has 1 aliphatic rings. The van der Waals surface area contributed by atoms with Crippen LogP contribution in [0.4, 0.5) is 5.82 Å². The summed E-state index contributed by atoms with van der Waals surface area (Å²) in [5.74, 6) is 0.120. The number of nitrogens with one attached hydrogen (secondary N) is 1. The van der Waals surface area contributed by atoms with Crippen molar-refractivity contribution in [3.8, 4) is 0 Å². The summed E-state index contributed by atoms with van der Waals surface area (Å²) in [7, 11) is 2.14. The van der Waals surface area contributed by atoms with Gasteiger partial charge in [0.15, 0.2) is 0 Å². The number of primary amides is 1. The molecular formula is C13H20N4O. The molecule has 1 amide bonds. The molecule has 5 nitrogen and oxygen atoms in total. The minimum atomic E-state index is -0.450. The molecule has 1 aromatic rings. The first kappa shape index (κ1) is 12.8. The largest absolute Gasteiger partial charge is 0.368 e. The molecule has 0 saturated heterocycles. The Balaban J connectivity index is 1.95. The van der Waals surface area contributed by atoms with Crippen LogP contribution < -0.4 is 11.1 Å². The lowest BCUT2D eigenvalue weighted by atomic mass is 10.2. The zero-order chi connectivity index (χ0) is 13.1. The summed E-state index contributed by atoms with van der Waals surface area (Å²) in [6, 6.07) is 4.53. The Hall–Kier alpha value is -1.62. The fourth-order valence-corrected chi connectivity index (χ4v) is 1.98. The number of carbonyl (C=O) groups is 1. The Kier molecular flexibility index (Phi) is 3.81. The number of aromatic nitrogens is 1. The zero-order valence-corrected chi connectivity index (χ0v) is 10.9. The van der Waals surface area contributed by atoms with Crippen LogP contribution in [0.15, 0.2) is 18.3 Å². The lowest BCUT2D eigenvalue weighted by Gasteiger charge is -2.25. The Morgan fingerprint density at radius 2 is 2.39 bits per heavy atom. The van der Waals surface area contributed by atoms with Gasteiger partial charge in [-0.05, 0) is 38.9 Å². The summed E-state index contributed by atoms with van der Waals surface area (Å²) in [6.07, 6.45) is 4.23. The van der Waals surface area contributed by atoms with Crippen LogP contribution in [0.3, 0.4) is 0 Å². The highest BCUT2D eigenvalue weighted by molar-refractivity contribution is 5.97. The summed E-state index contributed by atoms with van der Waals surface area (Å²) in [6.45, 7) is 2.92. The second-order valence-electron chi connectivity index (χ2n) is 4.89. The first-order valence-corrected chi connectivity index (χ1v) is 6.30. The van der Waals surface area contributed by atoms with Crippen molar-refractivity contribution in [3.63, 3.8) is 0 Å². The van der Waals surface area contributed by atoms with Crippen LogP contribution in [-0.4, -0.2) is 41.5 Å². The molecule has 0 aliphatic heterocycles. The molecule has 1 fully saturated rings. The van der Waals surface area contributed by atoms with Crippen LogP contribution in [-0.2, 0) is 0 Å². The highest BCUT2D eigenvalue weighted by Crippen LogP contribution is 2.27. The van der Waals surface area contributed by atoms with Gasteiger partial charge in [-0.1, -0.05) is 0 Å². The zero-order valence-electron chi connectivity index (χ0n) is 10.9. The van der Waals surface area contributed by atoms with Crippen molar-refractivity contribution in [2.24, 2.45) is 5.73 Å². The van der Waals surface area contributed by atoms with E-state index < -0.39 is 5.91 Å². The molecule has 18 heavy (non-hydrogen) atoms. The maximum Gasteiger partial charge on any atom is 0.252 e. The number of anilines is 1. The van der Waals surface area contributed by atoms with Gasteiger partial charge in [-0.15, -0.1) is 0 Å². The number of pyridine rings is 1. The average Bonchev–Trinajstić information content (AvgIpc) is 3.19. The minimum absolute atomic E-state index is 0.403. The molecule has 3 N–H and O–H groups in total. The third-order valence-corrected chi connectivity index (χ3v) is 3.46. The number of amides is 1. The Bertz CT molecular complexity index is 431. The predicted molar refractivity (Wildman–Crippen MR) is 71.5 cm³/mol. The molecule has 1 aliphatic carbocycles. The highest BCUT2D eigenvalue weighted by atomic mass is 16.1. The highest BCUT2D eigenvalue weighted by Gasteiger charge is 2.29. The van der Waals surface area contributed by atoms with E-state index in [0.717, 1.165) is 12.6 Å². The number of hydrogen-bond donors (Lipinski definition) is 2. The summed E-state index contributed by atoms with van der Waals surface area (Å²) in [4.78, 5) is 17.8. The van der Waals surface area contributed by atoms with Crippen molar-refractivity contribution in [2.45, 2.75) is 31.8 Å². The fourth-order valence-electron chi connectivity index (χ4n) is 1.98. The molecule has 0 spiro atoms. The summed E-state index contributed by atoms with van der Waals surface area (Å²) in [5.41, 5.74) is 5.75. The molecule has 0 radical (unpaired) electrons. The lowest BCUT2D eigenvalue weighted by molar-refractivity contribution is 0.100. The SMILES string of the molecule is CC(CNc1ncccc1C(N)=O)N(C)C1CC1. The number of hydrogen-bond acceptors (Lipinski definition) is 4. The van der Waals surface area contributed by atoms with Crippen LogP contribution in [0.2, 0.25) is 0 Å². The summed E-state index contributed by atoms with van der Waals surface area (Å²) >= 11 is 0.